The van der Waals surface area contributed by atoms with Crippen LogP contribution in [0.3, 0.4) is 0 Å². The van der Waals surface area contributed by atoms with Crippen LogP contribution in [0.15, 0.2) is 0 Å². The van der Waals surface area contributed by atoms with Crippen molar-refractivity contribution < 1.29 is 19.0 Å². The SMILES string of the molecule is CCCOCCN(CCC(=O)OC)CC1CCCO1. The summed E-state index contributed by atoms with van der Waals surface area (Å²) in [6.07, 6.45) is 4.03. The molecule has 1 heterocycles. The van der Waals surface area contributed by atoms with Gasteiger partial charge < -0.3 is 14.2 Å². The molecule has 0 aromatic carbocycles. The highest BCUT2D eigenvalue weighted by atomic mass is 16.5. The summed E-state index contributed by atoms with van der Waals surface area (Å²) in [4.78, 5) is 13.5. The van der Waals surface area contributed by atoms with Crippen molar-refractivity contribution in [1.82, 2.24) is 4.90 Å². The summed E-state index contributed by atoms with van der Waals surface area (Å²) in [6.45, 7) is 6.90. The van der Waals surface area contributed by atoms with Crippen molar-refractivity contribution in [2.75, 3.05) is 46.6 Å². The van der Waals surface area contributed by atoms with Crippen molar-refractivity contribution in [3.8, 4) is 0 Å². The molecule has 0 aliphatic carbocycles. The first-order valence-corrected chi connectivity index (χ1v) is 7.24. The monoisotopic (exact) mass is 273 g/mol. The predicted octanol–water partition coefficient (Wildman–Crippen LogP) is 1.46. The van der Waals surface area contributed by atoms with Gasteiger partial charge in [0.05, 0.1) is 26.2 Å². The van der Waals surface area contributed by atoms with Crippen LogP contribution >= 0.6 is 0 Å². The number of rotatable bonds is 10. The van der Waals surface area contributed by atoms with Crippen LogP contribution in [0, 0.1) is 0 Å². The molecule has 1 unspecified atom stereocenters. The molecule has 1 aliphatic rings. The topological polar surface area (TPSA) is 48.0 Å². The molecule has 1 atom stereocenters. The van der Waals surface area contributed by atoms with Gasteiger partial charge in [0.15, 0.2) is 0 Å². The summed E-state index contributed by atoms with van der Waals surface area (Å²) in [5.74, 6) is -0.160. The third-order valence-corrected chi connectivity index (χ3v) is 3.25. The summed E-state index contributed by atoms with van der Waals surface area (Å²) in [5, 5.41) is 0. The van der Waals surface area contributed by atoms with Gasteiger partial charge in [-0.2, -0.15) is 0 Å². The van der Waals surface area contributed by atoms with Gasteiger partial charge in [-0.05, 0) is 19.3 Å². The molecule has 1 aliphatic heterocycles. The first-order valence-electron chi connectivity index (χ1n) is 7.24. The molecule has 0 aromatic heterocycles. The first kappa shape index (κ1) is 16.4. The van der Waals surface area contributed by atoms with Crippen molar-refractivity contribution >= 4 is 5.97 Å². The number of methoxy groups -OCH3 is 1. The number of carbonyl (C=O) groups excluding carboxylic acids is 1. The van der Waals surface area contributed by atoms with Crippen LogP contribution < -0.4 is 0 Å². The number of carbonyl (C=O) groups is 1. The van der Waals surface area contributed by atoms with Gasteiger partial charge in [-0.15, -0.1) is 0 Å². The average molecular weight is 273 g/mol. The van der Waals surface area contributed by atoms with E-state index in [2.05, 4.69) is 16.6 Å². The maximum Gasteiger partial charge on any atom is 0.306 e. The molecule has 5 nitrogen and oxygen atoms in total. The highest BCUT2D eigenvalue weighted by Gasteiger charge is 2.19. The second kappa shape index (κ2) is 10.2. The zero-order chi connectivity index (χ0) is 13.9. The average Bonchev–Trinajstić information content (AvgIpc) is 2.93. The van der Waals surface area contributed by atoms with Gasteiger partial charge >= 0.3 is 5.97 Å². The van der Waals surface area contributed by atoms with E-state index >= 15 is 0 Å². The van der Waals surface area contributed by atoms with Crippen molar-refractivity contribution in [2.45, 2.75) is 38.7 Å². The summed E-state index contributed by atoms with van der Waals surface area (Å²) in [7, 11) is 1.43. The van der Waals surface area contributed by atoms with E-state index < -0.39 is 0 Å². The van der Waals surface area contributed by atoms with E-state index in [1.54, 1.807) is 0 Å². The Labute approximate surface area is 116 Å². The molecule has 0 aromatic rings. The van der Waals surface area contributed by atoms with Gasteiger partial charge in [-0.1, -0.05) is 6.92 Å². The Hall–Kier alpha value is -0.650. The van der Waals surface area contributed by atoms with Gasteiger partial charge in [-0.25, -0.2) is 0 Å². The fourth-order valence-corrected chi connectivity index (χ4v) is 2.16. The molecule has 0 N–H and O–H groups in total. The molecule has 0 saturated carbocycles. The van der Waals surface area contributed by atoms with Crippen LogP contribution in [0.25, 0.3) is 0 Å². The first-order chi connectivity index (χ1) is 9.26. The van der Waals surface area contributed by atoms with E-state index in [9.17, 15) is 4.79 Å². The van der Waals surface area contributed by atoms with Gasteiger partial charge in [0.1, 0.15) is 0 Å². The molecule has 112 valence electrons. The molecule has 0 spiro atoms. The lowest BCUT2D eigenvalue weighted by Gasteiger charge is -2.24. The summed E-state index contributed by atoms with van der Waals surface area (Å²) < 4.78 is 15.8. The second-order valence-corrected chi connectivity index (χ2v) is 4.87. The van der Waals surface area contributed by atoms with E-state index in [-0.39, 0.29) is 5.97 Å². The van der Waals surface area contributed by atoms with E-state index in [0.29, 0.717) is 25.7 Å². The van der Waals surface area contributed by atoms with Crippen LogP contribution in [-0.4, -0.2) is 63.5 Å². The van der Waals surface area contributed by atoms with Crippen LogP contribution in [0.5, 0.6) is 0 Å². The van der Waals surface area contributed by atoms with E-state index in [1.807, 2.05) is 0 Å². The quantitative estimate of drug-likeness (QED) is 0.445. The minimum Gasteiger partial charge on any atom is -0.469 e. The van der Waals surface area contributed by atoms with E-state index in [1.165, 1.54) is 7.11 Å². The van der Waals surface area contributed by atoms with Crippen LogP contribution in [0.4, 0.5) is 0 Å². The molecule has 5 heteroatoms. The molecular formula is C14H27NO4. The Kier molecular flexibility index (Phi) is 8.79. The number of hydrogen-bond acceptors (Lipinski definition) is 5. The van der Waals surface area contributed by atoms with Crippen molar-refractivity contribution in [2.24, 2.45) is 0 Å². The standard InChI is InChI=1S/C14H27NO4/c1-3-9-18-11-8-15(7-6-14(16)17-2)12-13-5-4-10-19-13/h13H,3-12H2,1-2H3. The van der Waals surface area contributed by atoms with Gasteiger partial charge in [-0.3, -0.25) is 9.69 Å². The highest BCUT2D eigenvalue weighted by Crippen LogP contribution is 2.13. The van der Waals surface area contributed by atoms with Gasteiger partial charge in [0.25, 0.3) is 0 Å². The predicted molar refractivity (Wildman–Crippen MR) is 73.2 cm³/mol. The summed E-state index contributed by atoms with van der Waals surface area (Å²) in [5.41, 5.74) is 0. The molecule has 0 amide bonds. The molecule has 1 fully saturated rings. The Morgan fingerprint density at radius 2 is 2.21 bits per heavy atom. The maximum absolute atomic E-state index is 11.2. The van der Waals surface area contributed by atoms with Crippen LogP contribution in [0.2, 0.25) is 0 Å². The minimum atomic E-state index is -0.160. The molecule has 19 heavy (non-hydrogen) atoms. The molecular weight excluding hydrogens is 246 g/mol. The third kappa shape index (κ3) is 7.50. The molecule has 0 bridgehead atoms. The lowest BCUT2D eigenvalue weighted by molar-refractivity contribution is -0.141. The largest absolute Gasteiger partial charge is 0.469 e. The fraction of sp³-hybridized carbons (Fsp3) is 0.929. The molecule has 1 rings (SSSR count). The lowest BCUT2D eigenvalue weighted by Crippen LogP contribution is -2.36. The fourth-order valence-electron chi connectivity index (χ4n) is 2.16. The third-order valence-electron chi connectivity index (χ3n) is 3.25. The zero-order valence-corrected chi connectivity index (χ0v) is 12.2. The number of ether oxygens (including phenoxy) is 3. The highest BCUT2D eigenvalue weighted by molar-refractivity contribution is 5.69. The Morgan fingerprint density at radius 3 is 2.84 bits per heavy atom. The zero-order valence-electron chi connectivity index (χ0n) is 12.2. The van der Waals surface area contributed by atoms with Crippen LogP contribution in [0.1, 0.15) is 32.6 Å². The van der Waals surface area contributed by atoms with Crippen molar-refractivity contribution in [3.63, 3.8) is 0 Å². The van der Waals surface area contributed by atoms with Gasteiger partial charge in [0.2, 0.25) is 0 Å². The Balaban J connectivity index is 2.26. The van der Waals surface area contributed by atoms with Crippen molar-refractivity contribution in [1.29, 1.82) is 0 Å². The Bertz CT molecular complexity index is 242. The van der Waals surface area contributed by atoms with E-state index in [0.717, 1.165) is 45.6 Å². The molecule has 0 radical (unpaired) electrons. The lowest BCUT2D eigenvalue weighted by atomic mass is 10.2. The normalized spacial score (nSPS) is 19.0. The number of esters is 1. The smallest absolute Gasteiger partial charge is 0.306 e. The van der Waals surface area contributed by atoms with E-state index in [4.69, 9.17) is 9.47 Å². The molecule has 1 saturated heterocycles. The summed E-state index contributed by atoms with van der Waals surface area (Å²) >= 11 is 0. The number of nitrogens with zero attached hydrogens (tertiary/aromatic N) is 1. The minimum absolute atomic E-state index is 0.160. The number of hydrogen-bond donors (Lipinski definition) is 0. The van der Waals surface area contributed by atoms with Crippen LogP contribution in [-0.2, 0) is 19.0 Å². The maximum atomic E-state index is 11.2. The second-order valence-electron chi connectivity index (χ2n) is 4.87. The summed E-state index contributed by atoms with van der Waals surface area (Å²) in [6, 6.07) is 0. The van der Waals surface area contributed by atoms with Gasteiger partial charge in [0, 0.05) is 32.8 Å². The van der Waals surface area contributed by atoms with Crippen molar-refractivity contribution in [3.05, 3.63) is 0 Å². The Morgan fingerprint density at radius 1 is 1.37 bits per heavy atom.